The van der Waals surface area contributed by atoms with Crippen molar-refractivity contribution in [1.82, 2.24) is 10.2 Å². The highest BCUT2D eigenvalue weighted by Crippen LogP contribution is 2.34. The second-order valence-corrected chi connectivity index (χ2v) is 7.65. The Hall–Kier alpha value is -0.0800. The van der Waals surface area contributed by atoms with Crippen molar-refractivity contribution in [2.75, 3.05) is 13.1 Å². The Kier molecular flexibility index (Phi) is 7.01. The van der Waals surface area contributed by atoms with Crippen LogP contribution < -0.4 is 5.32 Å². The third kappa shape index (κ3) is 4.45. The lowest BCUT2D eigenvalue weighted by Crippen LogP contribution is -2.56. The zero-order chi connectivity index (χ0) is 15.2. The molecule has 3 unspecified atom stereocenters. The maximum absolute atomic E-state index is 3.77. The minimum atomic E-state index is 0.743. The molecule has 2 rings (SSSR count). The van der Waals surface area contributed by atoms with Gasteiger partial charge in [-0.3, -0.25) is 4.90 Å². The molecule has 0 aromatic rings. The lowest BCUT2D eigenvalue weighted by atomic mass is 9.79. The molecule has 124 valence electrons. The minimum absolute atomic E-state index is 0.743. The van der Waals surface area contributed by atoms with E-state index in [4.69, 9.17) is 0 Å². The van der Waals surface area contributed by atoms with Gasteiger partial charge in [-0.15, -0.1) is 0 Å². The number of hydrogen-bond acceptors (Lipinski definition) is 2. The molecule has 2 nitrogen and oxygen atoms in total. The van der Waals surface area contributed by atoms with Crippen LogP contribution in [0.1, 0.15) is 79.1 Å². The van der Waals surface area contributed by atoms with Gasteiger partial charge < -0.3 is 5.32 Å². The number of piperidine rings is 1. The zero-order valence-electron chi connectivity index (χ0n) is 14.9. The fourth-order valence-corrected chi connectivity index (χ4v) is 4.70. The molecule has 1 saturated carbocycles. The van der Waals surface area contributed by atoms with Crippen molar-refractivity contribution in [1.29, 1.82) is 0 Å². The second kappa shape index (κ2) is 8.53. The van der Waals surface area contributed by atoms with Gasteiger partial charge in [0.25, 0.3) is 0 Å². The van der Waals surface area contributed by atoms with Crippen LogP contribution in [-0.4, -0.2) is 36.1 Å². The van der Waals surface area contributed by atoms with Gasteiger partial charge in [-0.1, -0.05) is 33.6 Å². The fourth-order valence-electron chi connectivity index (χ4n) is 4.70. The number of rotatable bonds is 6. The van der Waals surface area contributed by atoms with E-state index in [1.807, 2.05) is 0 Å². The Morgan fingerprint density at radius 2 is 1.67 bits per heavy atom. The molecule has 21 heavy (non-hydrogen) atoms. The summed E-state index contributed by atoms with van der Waals surface area (Å²) in [6.07, 6.45) is 11.3. The summed E-state index contributed by atoms with van der Waals surface area (Å²) in [7, 11) is 0. The maximum atomic E-state index is 3.77. The third-order valence-electron chi connectivity index (χ3n) is 6.26. The highest BCUT2D eigenvalue weighted by Gasteiger charge is 2.36. The smallest absolute Gasteiger partial charge is 0.0120 e. The standard InChI is InChI=1S/C19H38N2/c1-5-7-17-8-10-18(11-9-17)21-14-12-19(20-13-6-2)15(3)16(21)4/h15-20H,5-14H2,1-4H3. The molecule has 0 bridgehead atoms. The van der Waals surface area contributed by atoms with E-state index in [-0.39, 0.29) is 0 Å². The van der Waals surface area contributed by atoms with Crippen molar-refractivity contribution in [3.05, 3.63) is 0 Å². The molecule has 0 radical (unpaired) electrons. The molecule has 2 heteroatoms. The lowest BCUT2D eigenvalue weighted by molar-refractivity contribution is 0.0252. The van der Waals surface area contributed by atoms with Crippen molar-refractivity contribution < 1.29 is 0 Å². The zero-order valence-corrected chi connectivity index (χ0v) is 14.9. The first-order valence-corrected chi connectivity index (χ1v) is 9.66. The monoisotopic (exact) mass is 294 g/mol. The molecule has 1 aliphatic carbocycles. The predicted octanol–water partition coefficient (Wildman–Crippen LogP) is 4.44. The molecule has 1 aliphatic heterocycles. The predicted molar refractivity (Wildman–Crippen MR) is 92.7 cm³/mol. The van der Waals surface area contributed by atoms with Crippen LogP contribution in [0.4, 0.5) is 0 Å². The molecule has 1 N–H and O–H groups in total. The van der Waals surface area contributed by atoms with Crippen LogP contribution in [0.5, 0.6) is 0 Å². The molecule has 1 heterocycles. The Labute approximate surface area is 133 Å². The molecule has 0 aromatic carbocycles. The molecule has 0 amide bonds. The van der Waals surface area contributed by atoms with E-state index in [2.05, 4.69) is 37.9 Å². The Bertz CT molecular complexity index is 281. The quantitative estimate of drug-likeness (QED) is 0.779. The fraction of sp³-hybridized carbons (Fsp3) is 1.00. The van der Waals surface area contributed by atoms with Gasteiger partial charge >= 0.3 is 0 Å². The summed E-state index contributed by atoms with van der Waals surface area (Å²) in [6, 6.07) is 2.37. The summed E-state index contributed by atoms with van der Waals surface area (Å²) >= 11 is 0. The lowest BCUT2D eigenvalue weighted by Gasteiger charge is -2.48. The average Bonchev–Trinajstić information content (AvgIpc) is 2.50. The number of likely N-dealkylation sites (tertiary alicyclic amines) is 1. The molecular formula is C19H38N2. The number of nitrogens with zero attached hydrogens (tertiary/aromatic N) is 1. The highest BCUT2D eigenvalue weighted by atomic mass is 15.2. The highest BCUT2D eigenvalue weighted by molar-refractivity contribution is 4.92. The van der Waals surface area contributed by atoms with Crippen LogP contribution in [0.2, 0.25) is 0 Å². The van der Waals surface area contributed by atoms with Gasteiger partial charge in [0.15, 0.2) is 0 Å². The van der Waals surface area contributed by atoms with E-state index in [1.165, 1.54) is 64.5 Å². The topological polar surface area (TPSA) is 15.3 Å². The van der Waals surface area contributed by atoms with Crippen LogP contribution in [0, 0.1) is 11.8 Å². The Balaban J connectivity index is 1.82. The minimum Gasteiger partial charge on any atom is -0.314 e. The molecule has 2 aliphatic rings. The van der Waals surface area contributed by atoms with E-state index >= 15 is 0 Å². The molecule has 2 fully saturated rings. The van der Waals surface area contributed by atoms with Crippen molar-refractivity contribution in [3.63, 3.8) is 0 Å². The Morgan fingerprint density at radius 1 is 0.952 bits per heavy atom. The van der Waals surface area contributed by atoms with Gasteiger partial charge in [0.05, 0.1) is 0 Å². The van der Waals surface area contributed by atoms with Crippen molar-refractivity contribution in [2.45, 2.75) is 97.2 Å². The van der Waals surface area contributed by atoms with Gasteiger partial charge in [-0.2, -0.15) is 0 Å². The van der Waals surface area contributed by atoms with E-state index in [9.17, 15) is 0 Å². The summed E-state index contributed by atoms with van der Waals surface area (Å²) in [5, 5.41) is 3.77. The average molecular weight is 295 g/mol. The molecule has 0 spiro atoms. The molecule has 1 saturated heterocycles. The summed E-state index contributed by atoms with van der Waals surface area (Å²) in [5.74, 6) is 1.82. The van der Waals surface area contributed by atoms with Crippen LogP contribution in [0.3, 0.4) is 0 Å². The van der Waals surface area contributed by atoms with E-state index in [1.54, 1.807) is 0 Å². The molecule has 0 aromatic heterocycles. The van der Waals surface area contributed by atoms with Gasteiger partial charge in [-0.05, 0) is 63.8 Å². The van der Waals surface area contributed by atoms with Gasteiger partial charge in [-0.25, -0.2) is 0 Å². The van der Waals surface area contributed by atoms with Crippen molar-refractivity contribution in [2.24, 2.45) is 11.8 Å². The number of nitrogens with one attached hydrogen (secondary N) is 1. The van der Waals surface area contributed by atoms with Gasteiger partial charge in [0.2, 0.25) is 0 Å². The third-order valence-corrected chi connectivity index (χ3v) is 6.26. The molecular weight excluding hydrogens is 256 g/mol. The summed E-state index contributed by atoms with van der Waals surface area (Å²) < 4.78 is 0. The first-order chi connectivity index (χ1) is 10.2. The summed E-state index contributed by atoms with van der Waals surface area (Å²) in [5.41, 5.74) is 0. The van der Waals surface area contributed by atoms with Crippen molar-refractivity contribution in [3.8, 4) is 0 Å². The van der Waals surface area contributed by atoms with Crippen LogP contribution >= 0.6 is 0 Å². The second-order valence-electron chi connectivity index (χ2n) is 7.65. The normalized spacial score (nSPS) is 38.6. The van der Waals surface area contributed by atoms with Crippen LogP contribution in [0.15, 0.2) is 0 Å². The largest absolute Gasteiger partial charge is 0.314 e. The van der Waals surface area contributed by atoms with Crippen LogP contribution in [0.25, 0.3) is 0 Å². The summed E-state index contributed by atoms with van der Waals surface area (Å²) in [6.45, 7) is 12.0. The van der Waals surface area contributed by atoms with Crippen LogP contribution in [-0.2, 0) is 0 Å². The van der Waals surface area contributed by atoms with Gasteiger partial charge in [0.1, 0.15) is 0 Å². The summed E-state index contributed by atoms with van der Waals surface area (Å²) in [4.78, 5) is 2.86. The maximum Gasteiger partial charge on any atom is 0.0120 e. The SMILES string of the molecule is CCCNC1CCN(C2CCC(CCC)CC2)C(C)C1C. The van der Waals surface area contributed by atoms with E-state index in [0.29, 0.717) is 0 Å². The number of hydrogen-bond donors (Lipinski definition) is 1. The Morgan fingerprint density at radius 3 is 2.29 bits per heavy atom. The van der Waals surface area contributed by atoms with Gasteiger partial charge in [0, 0.05) is 24.7 Å². The van der Waals surface area contributed by atoms with E-state index in [0.717, 1.165) is 30.0 Å². The van der Waals surface area contributed by atoms with E-state index < -0.39 is 0 Å². The molecule has 3 atom stereocenters. The first kappa shape index (κ1) is 17.3. The van der Waals surface area contributed by atoms with Crippen molar-refractivity contribution >= 4 is 0 Å². The first-order valence-electron chi connectivity index (χ1n) is 9.66.